The van der Waals surface area contributed by atoms with Crippen LogP contribution in [0.2, 0.25) is 0 Å². The first-order chi connectivity index (χ1) is 15.5. The summed E-state index contributed by atoms with van der Waals surface area (Å²) in [5.74, 6) is 0.0948. The topological polar surface area (TPSA) is 105 Å². The second-order valence-corrected chi connectivity index (χ2v) is 9.18. The Hall–Kier alpha value is -3.13. The van der Waals surface area contributed by atoms with E-state index in [2.05, 4.69) is 10.6 Å². The average molecular weight is 455 g/mol. The molecule has 168 valence electrons. The predicted octanol–water partition coefficient (Wildman–Crippen LogP) is 3.73. The molecule has 0 bridgehead atoms. The lowest BCUT2D eigenvalue weighted by Crippen LogP contribution is -2.34. The van der Waals surface area contributed by atoms with E-state index in [-0.39, 0.29) is 17.9 Å². The Morgan fingerprint density at radius 2 is 1.69 bits per heavy atom. The third kappa shape index (κ3) is 5.76. The van der Waals surface area contributed by atoms with Gasteiger partial charge in [-0.3, -0.25) is 9.59 Å². The minimum atomic E-state index is -0.868. The molecule has 1 heterocycles. The highest BCUT2D eigenvalue weighted by molar-refractivity contribution is 7.14. The molecule has 0 radical (unpaired) electrons. The maximum atomic E-state index is 12.3. The monoisotopic (exact) mass is 454 g/mol. The number of amides is 2. The number of carbonyl (C=O) groups is 3. The normalized spacial score (nSPS) is 17.9. The van der Waals surface area contributed by atoms with Crippen molar-refractivity contribution in [2.24, 2.45) is 0 Å². The van der Waals surface area contributed by atoms with E-state index in [4.69, 9.17) is 9.84 Å². The summed E-state index contributed by atoms with van der Waals surface area (Å²) < 4.78 is 5.89. The smallest absolute Gasteiger partial charge is 0.331 e. The molecule has 3 N–H and O–H groups in total. The van der Waals surface area contributed by atoms with Crippen LogP contribution < -0.4 is 15.4 Å². The van der Waals surface area contributed by atoms with E-state index < -0.39 is 5.97 Å². The highest BCUT2D eigenvalue weighted by atomic mass is 32.1. The number of rotatable bonds is 9. The summed E-state index contributed by atoms with van der Waals surface area (Å²) in [6.07, 6.45) is 5.78. The van der Waals surface area contributed by atoms with Gasteiger partial charge >= 0.3 is 5.97 Å². The van der Waals surface area contributed by atoms with Crippen LogP contribution in [0.3, 0.4) is 0 Å². The molecule has 0 aliphatic heterocycles. The SMILES string of the molecule is O=C(O)C1=CC[C@@H](Oc2ccc(C(=O)NCCNC(=O)c3ccc(C4CC4)s3)cc2)CC1. The molecule has 8 heteroatoms. The predicted molar refractivity (Wildman–Crippen MR) is 121 cm³/mol. The van der Waals surface area contributed by atoms with Crippen LogP contribution in [0.1, 0.15) is 62.9 Å². The van der Waals surface area contributed by atoms with E-state index in [0.717, 1.165) is 0 Å². The molecule has 1 atom stereocenters. The average Bonchev–Trinajstić information content (AvgIpc) is 3.53. The lowest BCUT2D eigenvalue weighted by molar-refractivity contribution is -0.133. The molecule has 0 unspecified atom stereocenters. The van der Waals surface area contributed by atoms with Gasteiger partial charge in [-0.2, -0.15) is 0 Å². The Labute approximate surface area is 190 Å². The molecule has 0 spiro atoms. The van der Waals surface area contributed by atoms with Gasteiger partial charge in [0.2, 0.25) is 0 Å². The van der Waals surface area contributed by atoms with Crippen LogP contribution in [0, 0.1) is 0 Å². The first-order valence-corrected chi connectivity index (χ1v) is 11.7. The van der Waals surface area contributed by atoms with E-state index in [9.17, 15) is 14.4 Å². The van der Waals surface area contributed by atoms with Crippen LogP contribution in [-0.4, -0.2) is 42.1 Å². The molecular weight excluding hydrogens is 428 g/mol. The maximum absolute atomic E-state index is 12.3. The summed E-state index contributed by atoms with van der Waals surface area (Å²) in [7, 11) is 0. The maximum Gasteiger partial charge on any atom is 0.331 e. The van der Waals surface area contributed by atoms with Gasteiger partial charge in [0, 0.05) is 35.5 Å². The molecule has 2 aromatic rings. The number of aliphatic carboxylic acids is 1. The molecule has 7 nitrogen and oxygen atoms in total. The van der Waals surface area contributed by atoms with E-state index in [1.165, 1.54) is 17.7 Å². The van der Waals surface area contributed by atoms with Crippen molar-refractivity contribution >= 4 is 29.1 Å². The van der Waals surface area contributed by atoms with Crippen LogP contribution in [0.4, 0.5) is 0 Å². The molecule has 1 aromatic heterocycles. The molecule has 4 rings (SSSR count). The van der Waals surface area contributed by atoms with Crippen molar-refractivity contribution in [2.75, 3.05) is 13.1 Å². The third-order valence-electron chi connectivity index (χ3n) is 5.58. The van der Waals surface area contributed by atoms with Gasteiger partial charge in [0.15, 0.2) is 0 Å². The van der Waals surface area contributed by atoms with Crippen molar-refractivity contribution < 1.29 is 24.2 Å². The number of nitrogens with one attached hydrogen (secondary N) is 2. The Kier molecular flexibility index (Phi) is 6.90. The molecular formula is C24H26N2O5S. The number of hydrogen-bond acceptors (Lipinski definition) is 5. The zero-order chi connectivity index (χ0) is 22.5. The molecule has 2 aliphatic carbocycles. The summed E-state index contributed by atoms with van der Waals surface area (Å²) in [5, 5.41) is 14.6. The van der Waals surface area contributed by atoms with Crippen molar-refractivity contribution in [2.45, 2.75) is 44.1 Å². The van der Waals surface area contributed by atoms with Gasteiger partial charge in [-0.15, -0.1) is 11.3 Å². The highest BCUT2D eigenvalue weighted by Gasteiger charge is 2.25. The van der Waals surface area contributed by atoms with Gasteiger partial charge in [0.05, 0.1) is 4.88 Å². The lowest BCUT2D eigenvalue weighted by atomic mass is 9.97. The highest BCUT2D eigenvalue weighted by Crippen LogP contribution is 2.43. The van der Waals surface area contributed by atoms with Crippen LogP contribution in [0.25, 0.3) is 0 Å². The van der Waals surface area contributed by atoms with Gasteiger partial charge in [0.1, 0.15) is 11.9 Å². The summed E-state index contributed by atoms with van der Waals surface area (Å²) in [4.78, 5) is 37.5. The Balaban J connectivity index is 1.17. The van der Waals surface area contributed by atoms with Gasteiger partial charge in [0.25, 0.3) is 11.8 Å². The molecule has 32 heavy (non-hydrogen) atoms. The van der Waals surface area contributed by atoms with E-state index in [1.54, 1.807) is 41.7 Å². The first-order valence-electron chi connectivity index (χ1n) is 10.8. The molecule has 2 amide bonds. The number of ether oxygens (including phenoxy) is 1. The Morgan fingerprint density at radius 1 is 0.969 bits per heavy atom. The fraction of sp³-hybridized carbons (Fsp3) is 0.375. The van der Waals surface area contributed by atoms with Crippen LogP contribution in [-0.2, 0) is 4.79 Å². The van der Waals surface area contributed by atoms with Crippen LogP contribution >= 0.6 is 11.3 Å². The molecule has 0 saturated heterocycles. The van der Waals surface area contributed by atoms with Gasteiger partial charge in [-0.25, -0.2) is 4.79 Å². The summed E-state index contributed by atoms with van der Waals surface area (Å²) in [6, 6.07) is 10.8. The zero-order valence-corrected chi connectivity index (χ0v) is 18.5. The third-order valence-corrected chi connectivity index (χ3v) is 6.83. The second-order valence-electron chi connectivity index (χ2n) is 8.06. The number of carboxylic acids is 1. The van der Waals surface area contributed by atoms with Crippen molar-refractivity contribution in [1.29, 1.82) is 0 Å². The van der Waals surface area contributed by atoms with Crippen molar-refractivity contribution in [3.8, 4) is 5.75 Å². The van der Waals surface area contributed by atoms with Gasteiger partial charge < -0.3 is 20.5 Å². The summed E-state index contributed by atoms with van der Waals surface area (Å²) in [5.41, 5.74) is 0.944. The Morgan fingerprint density at radius 3 is 2.31 bits per heavy atom. The number of thiophene rings is 1. The summed E-state index contributed by atoms with van der Waals surface area (Å²) in [6.45, 7) is 0.694. The fourth-order valence-electron chi connectivity index (χ4n) is 3.59. The Bertz CT molecular complexity index is 1020. The second kappa shape index (κ2) is 9.99. The van der Waals surface area contributed by atoms with Crippen molar-refractivity contribution in [3.05, 3.63) is 63.4 Å². The molecule has 1 saturated carbocycles. The van der Waals surface area contributed by atoms with Crippen molar-refractivity contribution in [3.63, 3.8) is 0 Å². The van der Waals surface area contributed by atoms with Crippen LogP contribution in [0.15, 0.2) is 48.0 Å². The van der Waals surface area contributed by atoms with Gasteiger partial charge in [-0.1, -0.05) is 6.08 Å². The fourth-order valence-corrected chi connectivity index (χ4v) is 4.69. The van der Waals surface area contributed by atoms with E-state index >= 15 is 0 Å². The number of hydrogen-bond donors (Lipinski definition) is 3. The minimum absolute atomic E-state index is 0.0647. The number of carboxylic acid groups (broad SMARTS) is 1. The van der Waals surface area contributed by atoms with E-state index in [1.807, 2.05) is 12.1 Å². The molecule has 1 aromatic carbocycles. The first kappa shape index (κ1) is 22.1. The lowest BCUT2D eigenvalue weighted by Gasteiger charge is -2.22. The quantitative estimate of drug-likeness (QED) is 0.501. The van der Waals surface area contributed by atoms with Gasteiger partial charge in [-0.05, 0) is 68.0 Å². The standard InChI is InChI=1S/C24H26N2O5S/c27-22(25-13-14-26-23(28)21-12-11-20(32-21)15-1-2-15)16-3-7-18(8-4-16)31-19-9-5-17(6-10-19)24(29)30/h3-5,7-8,11-12,15,19H,1-2,6,9-10,13-14H2,(H,25,27)(H,26,28)(H,29,30)/t19-/m1/s1. The van der Waals surface area contributed by atoms with Crippen molar-refractivity contribution in [1.82, 2.24) is 10.6 Å². The van der Waals surface area contributed by atoms with E-state index in [0.29, 0.717) is 60.0 Å². The summed E-state index contributed by atoms with van der Waals surface area (Å²) >= 11 is 1.55. The molecule has 1 fully saturated rings. The zero-order valence-electron chi connectivity index (χ0n) is 17.6. The largest absolute Gasteiger partial charge is 0.490 e. The van der Waals surface area contributed by atoms with Crippen LogP contribution in [0.5, 0.6) is 5.75 Å². The minimum Gasteiger partial charge on any atom is -0.490 e. The number of benzene rings is 1. The number of carbonyl (C=O) groups excluding carboxylic acids is 2. The molecule has 2 aliphatic rings.